The van der Waals surface area contributed by atoms with E-state index in [2.05, 4.69) is 0 Å². The van der Waals surface area contributed by atoms with Crippen molar-refractivity contribution in [1.82, 2.24) is 9.80 Å². The molecule has 0 bridgehead atoms. The smallest absolute Gasteiger partial charge is 0.253 e. The summed E-state index contributed by atoms with van der Waals surface area (Å²) in [5.74, 6) is -0.419. The molecule has 0 aliphatic carbocycles. The molecule has 0 atom stereocenters. The second kappa shape index (κ2) is 7.67. The Morgan fingerprint density at radius 1 is 0.810 bits per heavy atom. The van der Waals surface area contributed by atoms with E-state index in [-0.39, 0.29) is 17.6 Å². The van der Waals surface area contributed by atoms with Crippen LogP contribution in [0.4, 0.5) is 0 Å². The largest absolute Gasteiger partial charge is 0.508 e. The maximum atomic E-state index is 12.3. The SMILES string of the molecule is CCN(CC)C(=O)c1cc(O)cc(C(=O)N(CC)CC)c1. The van der Waals surface area contributed by atoms with Gasteiger partial charge in [-0.15, -0.1) is 0 Å². The third-order valence-corrected chi connectivity index (χ3v) is 3.51. The van der Waals surface area contributed by atoms with Gasteiger partial charge in [0.15, 0.2) is 0 Å². The molecule has 1 N–H and O–H groups in total. The van der Waals surface area contributed by atoms with Gasteiger partial charge in [-0.25, -0.2) is 0 Å². The monoisotopic (exact) mass is 292 g/mol. The molecule has 2 amide bonds. The highest BCUT2D eigenvalue weighted by Gasteiger charge is 2.18. The lowest BCUT2D eigenvalue weighted by Gasteiger charge is -2.21. The van der Waals surface area contributed by atoms with E-state index in [1.165, 1.54) is 12.1 Å². The van der Waals surface area contributed by atoms with Crippen molar-refractivity contribution in [2.45, 2.75) is 27.7 Å². The van der Waals surface area contributed by atoms with Gasteiger partial charge in [0.2, 0.25) is 0 Å². The van der Waals surface area contributed by atoms with Gasteiger partial charge >= 0.3 is 0 Å². The van der Waals surface area contributed by atoms with Gasteiger partial charge in [-0.3, -0.25) is 9.59 Å². The molecule has 1 rings (SSSR count). The Hall–Kier alpha value is -2.04. The molecule has 0 radical (unpaired) electrons. The average Bonchev–Trinajstić information content (AvgIpc) is 2.48. The zero-order chi connectivity index (χ0) is 16.0. The number of benzene rings is 1. The second-order valence-electron chi connectivity index (χ2n) is 4.72. The van der Waals surface area contributed by atoms with Gasteiger partial charge in [0.1, 0.15) is 5.75 Å². The fourth-order valence-corrected chi connectivity index (χ4v) is 2.24. The topological polar surface area (TPSA) is 60.9 Å². The van der Waals surface area contributed by atoms with Crippen molar-refractivity contribution in [2.24, 2.45) is 0 Å². The number of rotatable bonds is 6. The minimum absolute atomic E-state index is 0.0662. The lowest BCUT2D eigenvalue weighted by Crippen LogP contribution is -2.32. The zero-order valence-corrected chi connectivity index (χ0v) is 13.2. The molecule has 0 unspecified atom stereocenters. The summed E-state index contributed by atoms with van der Waals surface area (Å²) in [7, 11) is 0. The van der Waals surface area contributed by atoms with Crippen LogP contribution in [0.25, 0.3) is 0 Å². The van der Waals surface area contributed by atoms with Gasteiger partial charge in [0.05, 0.1) is 0 Å². The van der Waals surface area contributed by atoms with Crippen molar-refractivity contribution in [3.63, 3.8) is 0 Å². The Morgan fingerprint density at radius 2 is 1.14 bits per heavy atom. The first-order valence-electron chi connectivity index (χ1n) is 7.40. The van der Waals surface area contributed by atoms with Crippen LogP contribution in [0.5, 0.6) is 5.75 Å². The van der Waals surface area contributed by atoms with Crippen LogP contribution in [0, 0.1) is 0 Å². The number of phenols is 1. The van der Waals surface area contributed by atoms with E-state index < -0.39 is 0 Å². The predicted molar refractivity (Wildman–Crippen MR) is 82.6 cm³/mol. The van der Waals surface area contributed by atoms with Crippen molar-refractivity contribution in [3.8, 4) is 5.75 Å². The first-order chi connectivity index (χ1) is 9.98. The molecule has 0 aromatic heterocycles. The number of amides is 2. The maximum absolute atomic E-state index is 12.3. The summed E-state index contributed by atoms with van der Waals surface area (Å²) >= 11 is 0. The fraction of sp³-hybridized carbons (Fsp3) is 0.500. The number of aromatic hydroxyl groups is 1. The molecule has 116 valence electrons. The van der Waals surface area contributed by atoms with E-state index in [9.17, 15) is 14.7 Å². The quantitative estimate of drug-likeness (QED) is 0.875. The summed E-state index contributed by atoms with van der Waals surface area (Å²) in [5, 5.41) is 9.80. The van der Waals surface area contributed by atoms with E-state index in [0.29, 0.717) is 37.3 Å². The summed E-state index contributed by atoms with van der Waals surface area (Å²) in [6.07, 6.45) is 0. The number of carbonyl (C=O) groups is 2. The van der Waals surface area contributed by atoms with Crippen LogP contribution in [0.3, 0.4) is 0 Å². The summed E-state index contributed by atoms with van der Waals surface area (Å²) in [4.78, 5) is 28.0. The third kappa shape index (κ3) is 3.97. The van der Waals surface area contributed by atoms with Crippen LogP contribution in [0.1, 0.15) is 48.4 Å². The highest BCUT2D eigenvalue weighted by molar-refractivity contribution is 6.00. The molecule has 0 fully saturated rings. The van der Waals surface area contributed by atoms with Gasteiger partial charge in [-0.05, 0) is 45.9 Å². The third-order valence-electron chi connectivity index (χ3n) is 3.51. The van der Waals surface area contributed by atoms with E-state index in [0.717, 1.165) is 0 Å². The summed E-state index contributed by atoms with van der Waals surface area (Å²) in [6.45, 7) is 9.93. The normalized spacial score (nSPS) is 10.3. The molecule has 0 saturated carbocycles. The van der Waals surface area contributed by atoms with Crippen LogP contribution >= 0.6 is 0 Å². The number of hydrogen-bond donors (Lipinski definition) is 1. The molecule has 5 heteroatoms. The Bertz CT molecular complexity index is 464. The second-order valence-corrected chi connectivity index (χ2v) is 4.72. The Labute approximate surface area is 126 Å². The fourth-order valence-electron chi connectivity index (χ4n) is 2.24. The average molecular weight is 292 g/mol. The van der Waals surface area contributed by atoms with Gasteiger partial charge < -0.3 is 14.9 Å². The summed E-state index contributed by atoms with van der Waals surface area (Å²) < 4.78 is 0. The number of phenolic OH excluding ortho intramolecular Hbond substituents is 1. The highest BCUT2D eigenvalue weighted by atomic mass is 16.3. The van der Waals surface area contributed by atoms with E-state index >= 15 is 0 Å². The standard InChI is InChI=1S/C16H24N2O3/c1-5-17(6-2)15(20)12-9-13(11-14(19)10-12)16(21)18(7-3)8-4/h9-11,19H,5-8H2,1-4H3. The van der Waals surface area contributed by atoms with E-state index in [1.807, 2.05) is 27.7 Å². The van der Waals surface area contributed by atoms with Crippen molar-refractivity contribution in [3.05, 3.63) is 29.3 Å². The molecule has 1 aromatic carbocycles. The van der Waals surface area contributed by atoms with Crippen LogP contribution in [-0.4, -0.2) is 52.9 Å². The molecule has 0 aliphatic rings. The molecule has 0 saturated heterocycles. The summed E-state index contributed by atoms with van der Waals surface area (Å²) in [5.41, 5.74) is 0.684. The Morgan fingerprint density at radius 3 is 1.43 bits per heavy atom. The zero-order valence-electron chi connectivity index (χ0n) is 13.2. The molecule has 1 aromatic rings. The van der Waals surface area contributed by atoms with E-state index in [1.54, 1.807) is 15.9 Å². The maximum Gasteiger partial charge on any atom is 0.253 e. The van der Waals surface area contributed by atoms with Crippen LogP contribution < -0.4 is 0 Å². The van der Waals surface area contributed by atoms with Crippen molar-refractivity contribution >= 4 is 11.8 Å². The number of hydrogen-bond acceptors (Lipinski definition) is 3. The lowest BCUT2D eigenvalue weighted by molar-refractivity contribution is 0.0771. The minimum Gasteiger partial charge on any atom is -0.508 e. The van der Waals surface area contributed by atoms with Crippen molar-refractivity contribution < 1.29 is 14.7 Å². The first kappa shape index (κ1) is 17.0. The molecule has 0 aliphatic heterocycles. The van der Waals surface area contributed by atoms with Crippen molar-refractivity contribution in [2.75, 3.05) is 26.2 Å². The Balaban J connectivity index is 3.16. The van der Waals surface area contributed by atoms with Crippen LogP contribution in [0.2, 0.25) is 0 Å². The highest BCUT2D eigenvalue weighted by Crippen LogP contribution is 2.19. The summed E-state index contributed by atoms with van der Waals surface area (Å²) in [6, 6.07) is 4.36. The van der Waals surface area contributed by atoms with E-state index in [4.69, 9.17) is 0 Å². The van der Waals surface area contributed by atoms with Crippen LogP contribution in [0.15, 0.2) is 18.2 Å². The van der Waals surface area contributed by atoms with Gasteiger partial charge in [-0.2, -0.15) is 0 Å². The molecule has 21 heavy (non-hydrogen) atoms. The first-order valence-corrected chi connectivity index (χ1v) is 7.40. The molecular formula is C16H24N2O3. The molecular weight excluding hydrogens is 268 g/mol. The molecule has 0 spiro atoms. The number of nitrogens with zero attached hydrogens (tertiary/aromatic N) is 2. The van der Waals surface area contributed by atoms with Crippen molar-refractivity contribution in [1.29, 1.82) is 0 Å². The number of carbonyl (C=O) groups excluding carboxylic acids is 2. The van der Waals surface area contributed by atoms with Gasteiger partial charge in [0.25, 0.3) is 11.8 Å². The molecule has 5 nitrogen and oxygen atoms in total. The minimum atomic E-state index is -0.176. The molecule has 0 heterocycles. The van der Waals surface area contributed by atoms with Gasteiger partial charge in [0, 0.05) is 37.3 Å². The predicted octanol–water partition coefficient (Wildman–Crippen LogP) is 2.36. The lowest BCUT2D eigenvalue weighted by atomic mass is 10.1. The van der Waals surface area contributed by atoms with Crippen LogP contribution in [-0.2, 0) is 0 Å². The Kier molecular flexibility index (Phi) is 6.21. The van der Waals surface area contributed by atoms with Gasteiger partial charge in [-0.1, -0.05) is 0 Å².